The van der Waals surface area contributed by atoms with Crippen molar-refractivity contribution in [1.29, 1.82) is 0 Å². The van der Waals surface area contributed by atoms with Crippen LogP contribution >= 0.6 is 0 Å². The fourth-order valence-electron chi connectivity index (χ4n) is 7.13. The number of hydrogen-bond donors (Lipinski definition) is 2. The number of fused-ring (bicyclic) bond motifs is 5. The highest BCUT2D eigenvalue weighted by Crippen LogP contribution is 2.70. The molecule has 23 heavy (non-hydrogen) atoms. The Bertz CT molecular complexity index is 572. The smallest absolute Gasteiger partial charge is 0.139 e. The molecule has 0 unspecified atom stereocenters. The monoisotopic (exact) mass is 320 g/mol. The number of ketones is 2. The molecule has 0 radical (unpaired) electrons. The van der Waals surface area contributed by atoms with Crippen molar-refractivity contribution in [3.8, 4) is 0 Å². The molecule has 4 heteroatoms. The van der Waals surface area contributed by atoms with Gasteiger partial charge in [0.15, 0.2) is 0 Å². The van der Waals surface area contributed by atoms with Crippen molar-refractivity contribution in [2.45, 2.75) is 64.4 Å². The summed E-state index contributed by atoms with van der Waals surface area (Å²) in [6.45, 7) is 4.14. The second-order valence-corrected chi connectivity index (χ2v) is 9.05. The van der Waals surface area contributed by atoms with Gasteiger partial charge in [-0.25, -0.2) is 0 Å². The predicted molar refractivity (Wildman–Crippen MR) is 84.5 cm³/mol. The molecule has 2 N–H and O–H groups in total. The molecule has 0 spiro atoms. The molecule has 0 aliphatic heterocycles. The van der Waals surface area contributed by atoms with Crippen LogP contribution in [0, 0.1) is 34.5 Å². The third kappa shape index (κ3) is 1.69. The number of rotatable bonds is 1. The summed E-state index contributed by atoms with van der Waals surface area (Å²) < 4.78 is 0. The van der Waals surface area contributed by atoms with Crippen LogP contribution in [0.4, 0.5) is 0 Å². The van der Waals surface area contributed by atoms with E-state index in [4.69, 9.17) is 0 Å². The van der Waals surface area contributed by atoms with Gasteiger partial charge in [0.05, 0.1) is 5.60 Å². The summed E-state index contributed by atoms with van der Waals surface area (Å²) in [5.74, 6) is 0.964. The van der Waals surface area contributed by atoms with Gasteiger partial charge in [-0.3, -0.25) is 9.59 Å². The molecular weight excluding hydrogens is 292 g/mol. The average molecular weight is 320 g/mol. The van der Waals surface area contributed by atoms with Crippen LogP contribution in [-0.2, 0) is 9.59 Å². The second-order valence-electron chi connectivity index (χ2n) is 9.05. The minimum Gasteiger partial charge on any atom is -0.396 e. The van der Waals surface area contributed by atoms with E-state index in [1.807, 2.05) is 0 Å². The molecule has 0 heterocycles. The molecule has 0 aromatic carbocycles. The Hall–Kier alpha value is -0.740. The normalized spacial score (nSPS) is 55.5. The zero-order valence-corrected chi connectivity index (χ0v) is 14.2. The summed E-state index contributed by atoms with van der Waals surface area (Å²) in [6, 6.07) is 0. The number of carbonyl (C=O) groups is 2. The third-order valence-corrected chi connectivity index (χ3v) is 8.51. The van der Waals surface area contributed by atoms with E-state index in [0.29, 0.717) is 24.5 Å². The van der Waals surface area contributed by atoms with Gasteiger partial charge in [-0.15, -0.1) is 0 Å². The van der Waals surface area contributed by atoms with Crippen molar-refractivity contribution in [2.75, 3.05) is 6.61 Å². The van der Waals surface area contributed by atoms with Gasteiger partial charge in [0, 0.05) is 42.6 Å². The summed E-state index contributed by atoms with van der Waals surface area (Å²) in [5, 5.41) is 21.7. The van der Waals surface area contributed by atoms with Gasteiger partial charge in [0.2, 0.25) is 0 Å². The summed E-state index contributed by atoms with van der Waals surface area (Å²) in [5.41, 5.74) is -1.67. The Balaban J connectivity index is 1.81. The largest absolute Gasteiger partial charge is 0.396 e. The van der Waals surface area contributed by atoms with Crippen LogP contribution in [0.2, 0.25) is 0 Å². The first-order chi connectivity index (χ1) is 10.8. The summed E-state index contributed by atoms with van der Waals surface area (Å²) in [6.07, 6.45) is 4.80. The molecule has 4 aliphatic rings. The van der Waals surface area contributed by atoms with Crippen LogP contribution in [0.25, 0.3) is 0 Å². The molecular formula is C19H28O4. The van der Waals surface area contributed by atoms with Gasteiger partial charge in [0.25, 0.3) is 0 Å². The quantitative estimate of drug-likeness (QED) is 0.776. The summed E-state index contributed by atoms with van der Waals surface area (Å²) >= 11 is 0. The van der Waals surface area contributed by atoms with Crippen molar-refractivity contribution in [2.24, 2.45) is 34.5 Å². The van der Waals surface area contributed by atoms with E-state index < -0.39 is 5.60 Å². The van der Waals surface area contributed by atoms with Crippen molar-refractivity contribution in [3.05, 3.63) is 0 Å². The van der Waals surface area contributed by atoms with E-state index in [1.165, 1.54) is 0 Å². The molecule has 128 valence electrons. The van der Waals surface area contributed by atoms with Gasteiger partial charge in [-0.2, -0.15) is 0 Å². The maximum absolute atomic E-state index is 12.5. The minimum absolute atomic E-state index is 0.0820. The molecule has 0 aromatic heterocycles. The molecule has 7 atom stereocenters. The maximum Gasteiger partial charge on any atom is 0.139 e. The molecule has 4 aliphatic carbocycles. The van der Waals surface area contributed by atoms with E-state index in [1.54, 1.807) is 0 Å². The summed E-state index contributed by atoms with van der Waals surface area (Å²) in [4.78, 5) is 24.5. The standard InChI is InChI=1S/C19H28O4/c1-17-7-6-13-16(12(17)3-4-15(17)22)14(10-20)19(23)9-11(21)5-8-18(13,19)2/h12-14,16,20,23H,3-10H2,1-2H3/t12-,13-,14+,16-,17-,18+,19+/m0/s1. The van der Waals surface area contributed by atoms with E-state index in [2.05, 4.69) is 13.8 Å². The second kappa shape index (κ2) is 4.66. The minimum atomic E-state index is -1.09. The molecule has 4 nitrogen and oxygen atoms in total. The summed E-state index contributed by atoms with van der Waals surface area (Å²) in [7, 11) is 0. The van der Waals surface area contributed by atoms with E-state index >= 15 is 0 Å². The number of carbonyl (C=O) groups excluding carboxylic acids is 2. The Morgan fingerprint density at radius 3 is 2.52 bits per heavy atom. The Labute approximate surface area is 137 Å². The van der Waals surface area contributed by atoms with E-state index in [9.17, 15) is 19.8 Å². The molecule has 0 bridgehead atoms. The average Bonchev–Trinajstić information content (AvgIpc) is 2.89. The van der Waals surface area contributed by atoms with Crippen LogP contribution < -0.4 is 0 Å². The number of aliphatic hydroxyl groups is 2. The van der Waals surface area contributed by atoms with Crippen LogP contribution in [0.15, 0.2) is 0 Å². The highest BCUT2D eigenvalue weighted by molar-refractivity contribution is 5.87. The molecule has 0 aromatic rings. The highest BCUT2D eigenvalue weighted by atomic mass is 16.3. The molecule has 4 rings (SSSR count). The van der Waals surface area contributed by atoms with Crippen LogP contribution in [0.3, 0.4) is 0 Å². The maximum atomic E-state index is 12.5. The molecule has 4 saturated carbocycles. The van der Waals surface area contributed by atoms with Crippen LogP contribution in [0.5, 0.6) is 0 Å². The Kier molecular flexibility index (Phi) is 3.20. The van der Waals surface area contributed by atoms with Gasteiger partial charge in [0.1, 0.15) is 11.6 Å². The van der Waals surface area contributed by atoms with E-state index in [-0.39, 0.29) is 47.4 Å². The zero-order valence-electron chi connectivity index (χ0n) is 14.2. The lowest BCUT2D eigenvalue weighted by atomic mass is 9.55. The SMILES string of the molecule is C[C@]12CC[C@H]3[C@@H]([C@@H](CO)[C@]4(O)CC(=O)CC[C@]34C)[C@@H]1CCC2=O. The number of Topliss-reactive ketones (excluding diaryl/α,β-unsaturated/α-hetero) is 2. The zero-order chi connectivity index (χ0) is 16.6. The number of hydrogen-bond acceptors (Lipinski definition) is 4. The molecule has 4 fully saturated rings. The Morgan fingerprint density at radius 1 is 1.09 bits per heavy atom. The van der Waals surface area contributed by atoms with Gasteiger partial charge in [-0.1, -0.05) is 13.8 Å². The van der Waals surface area contributed by atoms with Crippen molar-refractivity contribution < 1.29 is 19.8 Å². The van der Waals surface area contributed by atoms with E-state index in [0.717, 1.165) is 25.7 Å². The van der Waals surface area contributed by atoms with Crippen molar-refractivity contribution >= 4 is 11.6 Å². The van der Waals surface area contributed by atoms with Gasteiger partial charge >= 0.3 is 0 Å². The van der Waals surface area contributed by atoms with Crippen LogP contribution in [-0.4, -0.2) is 34.0 Å². The lowest BCUT2D eigenvalue weighted by molar-refractivity contribution is -0.154. The highest BCUT2D eigenvalue weighted by Gasteiger charge is 2.71. The first-order valence-electron chi connectivity index (χ1n) is 9.16. The number of aliphatic hydroxyl groups excluding tert-OH is 1. The van der Waals surface area contributed by atoms with Gasteiger partial charge < -0.3 is 10.2 Å². The topological polar surface area (TPSA) is 74.6 Å². The fourth-order valence-corrected chi connectivity index (χ4v) is 7.13. The van der Waals surface area contributed by atoms with Gasteiger partial charge in [-0.05, 0) is 43.4 Å². The molecule has 0 saturated heterocycles. The fraction of sp³-hybridized carbons (Fsp3) is 0.895. The molecule has 0 amide bonds. The van der Waals surface area contributed by atoms with Crippen molar-refractivity contribution in [3.63, 3.8) is 0 Å². The Morgan fingerprint density at radius 2 is 1.83 bits per heavy atom. The first-order valence-corrected chi connectivity index (χ1v) is 9.16. The predicted octanol–water partition coefficient (Wildman–Crippen LogP) is 2.11. The van der Waals surface area contributed by atoms with Crippen LogP contribution in [0.1, 0.15) is 58.8 Å². The first kappa shape index (κ1) is 15.8. The third-order valence-electron chi connectivity index (χ3n) is 8.51. The lowest BCUT2D eigenvalue weighted by Gasteiger charge is -2.49. The lowest BCUT2D eigenvalue weighted by Crippen LogP contribution is -2.53. The van der Waals surface area contributed by atoms with Crippen molar-refractivity contribution in [1.82, 2.24) is 0 Å².